The van der Waals surface area contributed by atoms with E-state index in [1.165, 1.54) is 29.6 Å². The van der Waals surface area contributed by atoms with Crippen molar-refractivity contribution in [3.8, 4) is 10.6 Å². The van der Waals surface area contributed by atoms with Crippen LogP contribution in [0.25, 0.3) is 10.6 Å². The normalized spacial score (nSPS) is 17.5. The van der Waals surface area contributed by atoms with Crippen molar-refractivity contribution >= 4 is 51.6 Å². The molecule has 1 aliphatic heterocycles. The average molecular weight is 498 g/mol. The number of urea groups is 1. The first-order valence-corrected chi connectivity index (χ1v) is 12.3. The van der Waals surface area contributed by atoms with E-state index in [4.69, 9.17) is 0 Å². The second-order valence-corrected chi connectivity index (χ2v) is 9.73. The van der Waals surface area contributed by atoms with Gasteiger partial charge in [-0.15, -0.1) is 22.7 Å². The molecular formula is C23H23N5O4S2. The second kappa shape index (κ2) is 9.74. The summed E-state index contributed by atoms with van der Waals surface area (Å²) in [5, 5.41) is 10.4. The molecule has 1 saturated heterocycles. The summed E-state index contributed by atoms with van der Waals surface area (Å²) in [4.78, 5) is 56.7. The van der Waals surface area contributed by atoms with Crippen LogP contribution in [-0.2, 0) is 26.5 Å². The molecule has 176 valence electrons. The molecule has 9 nitrogen and oxygen atoms in total. The number of aromatic nitrogens is 1. The first kappa shape index (κ1) is 23.6. The van der Waals surface area contributed by atoms with Gasteiger partial charge in [0.25, 0.3) is 5.91 Å². The first-order valence-electron chi connectivity index (χ1n) is 10.6. The Bertz CT molecular complexity index is 1240. The van der Waals surface area contributed by atoms with Crippen molar-refractivity contribution in [3.05, 3.63) is 58.3 Å². The van der Waals surface area contributed by atoms with Crippen molar-refractivity contribution in [2.24, 2.45) is 0 Å². The number of hydrogen-bond donors (Lipinski definition) is 3. The lowest BCUT2D eigenvalue weighted by atomic mass is 9.87. The number of nitrogens with one attached hydrogen (secondary N) is 3. The highest BCUT2D eigenvalue weighted by Crippen LogP contribution is 2.33. The van der Waals surface area contributed by atoms with Gasteiger partial charge in [-0.3, -0.25) is 19.3 Å². The molecule has 0 bridgehead atoms. The minimum Gasteiger partial charge on any atom is -0.351 e. The van der Waals surface area contributed by atoms with Crippen LogP contribution in [0.3, 0.4) is 0 Å². The SMILES string of the molecule is CC[C@]1(c2ccccc2)NC(=O)N(CC(=O)Nc2nc(-c3ccc(CNC(C)=O)s3)cs2)C1=O. The highest BCUT2D eigenvalue weighted by atomic mass is 32.1. The van der Waals surface area contributed by atoms with Crippen LogP contribution in [-0.4, -0.2) is 40.2 Å². The highest BCUT2D eigenvalue weighted by molar-refractivity contribution is 7.17. The van der Waals surface area contributed by atoms with Crippen molar-refractivity contribution in [2.75, 3.05) is 11.9 Å². The lowest BCUT2D eigenvalue weighted by Gasteiger charge is -2.25. The van der Waals surface area contributed by atoms with Gasteiger partial charge in [0.15, 0.2) is 5.13 Å². The van der Waals surface area contributed by atoms with Gasteiger partial charge in [0, 0.05) is 17.2 Å². The molecule has 0 radical (unpaired) electrons. The van der Waals surface area contributed by atoms with E-state index in [0.29, 0.717) is 29.4 Å². The molecule has 0 unspecified atom stereocenters. The Hall–Kier alpha value is -3.57. The molecule has 11 heteroatoms. The number of nitrogens with zero attached hydrogens (tertiary/aromatic N) is 2. The van der Waals surface area contributed by atoms with Crippen LogP contribution in [0, 0.1) is 0 Å². The number of hydrogen-bond acceptors (Lipinski definition) is 7. The fraction of sp³-hybridized carbons (Fsp3) is 0.261. The Morgan fingerprint density at radius 3 is 2.62 bits per heavy atom. The number of carbonyl (C=O) groups excluding carboxylic acids is 4. The summed E-state index contributed by atoms with van der Waals surface area (Å²) in [6, 6.07) is 12.2. The fourth-order valence-electron chi connectivity index (χ4n) is 3.70. The lowest BCUT2D eigenvalue weighted by Crippen LogP contribution is -2.44. The summed E-state index contributed by atoms with van der Waals surface area (Å²) in [5.41, 5.74) is 0.196. The molecule has 0 spiro atoms. The zero-order valence-electron chi connectivity index (χ0n) is 18.6. The maximum absolute atomic E-state index is 13.2. The predicted octanol–water partition coefficient (Wildman–Crippen LogP) is 3.30. The van der Waals surface area contributed by atoms with Crippen LogP contribution in [0.5, 0.6) is 0 Å². The molecule has 3 N–H and O–H groups in total. The summed E-state index contributed by atoms with van der Waals surface area (Å²) in [6.07, 6.45) is 0.361. The zero-order valence-corrected chi connectivity index (χ0v) is 20.2. The van der Waals surface area contributed by atoms with E-state index >= 15 is 0 Å². The number of rotatable bonds is 8. The van der Waals surface area contributed by atoms with Gasteiger partial charge in [-0.2, -0.15) is 0 Å². The predicted molar refractivity (Wildman–Crippen MR) is 130 cm³/mol. The van der Waals surface area contributed by atoms with Gasteiger partial charge >= 0.3 is 6.03 Å². The standard InChI is InChI=1S/C23H23N5O4S2/c1-3-23(15-7-5-4-6-8-15)20(31)28(22(32)27-23)12-19(30)26-21-25-17(13-33-21)18-10-9-16(34-18)11-24-14(2)29/h4-10,13H,3,11-12H2,1-2H3,(H,24,29)(H,27,32)(H,25,26,30)/t23-/m1/s1. The van der Waals surface area contributed by atoms with Crippen LogP contribution >= 0.6 is 22.7 Å². The number of thiazole rings is 1. The summed E-state index contributed by atoms with van der Waals surface area (Å²) in [6.45, 7) is 3.32. The number of imide groups is 1. The molecule has 4 rings (SSSR count). The minimum atomic E-state index is -1.18. The van der Waals surface area contributed by atoms with Gasteiger partial charge in [-0.1, -0.05) is 37.3 Å². The van der Waals surface area contributed by atoms with E-state index in [1.807, 2.05) is 30.5 Å². The maximum atomic E-state index is 13.2. The molecule has 34 heavy (non-hydrogen) atoms. The monoisotopic (exact) mass is 497 g/mol. The molecule has 1 atom stereocenters. The molecule has 5 amide bonds. The van der Waals surface area contributed by atoms with Gasteiger partial charge in [0.2, 0.25) is 11.8 Å². The minimum absolute atomic E-state index is 0.0984. The van der Waals surface area contributed by atoms with E-state index in [0.717, 1.165) is 14.7 Å². The number of amides is 5. The molecule has 1 aromatic carbocycles. The summed E-state index contributed by atoms with van der Waals surface area (Å²) >= 11 is 2.75. The average Bonchev–Trinajstić information content (AvgIpc) is 3.54. The van der Waals surface area contributed by atoms with Crippen molar-refractivity contribution in [1.29, 1.82) is 0 Å². The third-order valence-corrected chi connectivity index (χ3v) is 7.32. The van der Waals surface area contributed by atoms with Gasteiger partial charge < -0.3 is 16.0 Å². The first-order chi connectivity index (χ1) is 16.3. The molecule has 3 heterocycles. The third-order valence-electron chi connectivity index (χ3n) is 5.45. The van der Waals surface area contributed by atoms with E-state index in [2.05, 4.69) is 20.9 Å². The van der Waals surface area contributed by atoms with E-state index in [9.17, 15) is 19.2 Å². The Kier molecular flexibility index (Phi) is 6.75. The van der Waals surface area contributed by atoms with Gasteiger partial charge in [-0.05, 0) is 24.1 Å². The molecule has 1 fully saturated rings. The van der Waals surface area contributed by atoms with Crippen LogP contribution in [0.2, 0.25) is 0 Å². The zero-order chi connectivity index (χ0) is 24.3. The molecule has 3 aromatic rings. The van der Waals surface area contributed by atoms with E-state index < -0.39 is 29.9 Å². The number of thiophene rings is 1. The summed E-state index contributed by atoms with van der Waals surface area (Å²) < 4.78 is 0. The Labute approximate surface area is 204 Å². The van der Waals surface area contributed by atoms with Crippen LogP contribution in [0.4, 0.5) is 9.93 Å². The van der Waals surface area contributed by atoms with Crippen molar-refractivity contribution in [3.63, 3.8) is 0 Å². The largest absolute Gasteiger partial charge is 0.351 e. The number of benzene rings is 1. The van der Waals surface area contributed by atoms with Crippen molar-refractivity contribution < 1.29 is 19.2 Å². The Morgan fingerprint density at radius 2 is 1.91 bits per heavy atom. The van der Waals surface area contributed by atoms with E-state index in [1.54, 1.807) is 24.3 Å². The van der Waals surface area contributed by atoms with E-state index in [-0.39, 0.29) is 5.91 Å². The van der Waals surface area contributed by atoms with Crippen molar-refractivity contribution in [1.82, 2.24) is 20.5 Å². The Balaban J connectivity index is 1.41. The van der Waals surface area contributed by atoms with Crippen LogP contribution in [0.1, 0.15) is 30.7 Å². The summed E-state index contributed by atoms with van der Waals surface area (Å²) in [7, 11) is 0. The van der Waals surface area contributed by atoms with Crippen LogP contribution in [0.15, 0.2) is 47.8 Å². The molecule has 2 aromatic heterocycles. The van der Waals surface area contributed by atoms with Crippen LogP contribution < -0.4 is 16.0 Å². The van der Waals surface area contributed by atoms with Crippen molar-refractivity contribution in [2.45, 2.75) is 32.4 Å². The second-order valence-electron chi connectivity index (χ2n) is 7.71. The third kappa shape index (κ3) is 4.70. The summed E-state index contributed by atoms with van der Waals surface area (Å²) in [5.74, 6) is -1.06. The molecule has 0 saturated carbocycles. The molecular weight excluding hydrogens is 474 g/mol. The molecule has 1 aliphatic rings. The van der Waals surface area contributed by atoms with Gasteiger partial charge in [0.1, 0.15) is 12.1 Å². The Morgan fingerprint density at radius 1 is 1.15 bits per heavy atom. The quantitative estimate of drug-likeness (QED) is 0.413. The molecule has 0 aliphatic carbocycles. The smallest absolute Gasteiger partial charge is 0.325 e. The van der Waals surface area contributed by atoms with Gasteiger partial charge in [0.05, 0.1) is 17.1 Å². The fourth-order valence-corrected chi connectivity index (χ4v) is 5.41. The number of carbonyl (C=O) groups is 4. The van der Waals surface area contributed by atoms with Gasteiger partial charge in [-0.25, -0.2) is 9.78 Å². The topological polar surface area (TPSA) is 120 Å². The maximum Gasteiger partial charge on any atom is 0.325 e. The lowest BCUT2D eigenvalue weighted by molar-refractivity contribution is -0.134. The highest BCUT2D eigenvalue weighted by Gasteiger charge is 2.51. The number of anilines is 1.